The zero-order valence-corrected chi connectivity index (χ0v) is 17.3. The van der Waals surface area contributed by atoms with E-state index in [2.05, 4.69) is 27.7 Å². The van der Waals surface area contributed by atoms with E-state index in [1.54, 1.807) is 0 Å². The summed E-state index contributed by atoms with van der Waals surface area (Å²) in [6.07, 6.45) is 10.8. The van der Waals surface area contributed by atoms with Crippen LogP contribution < -0.4 is 0 Å². The molecule has 0 fully saturated rings. The van der Waals surface area contributed by atoms with Crippen molar-refractivity contribution in [3.05, 3.63) is 10.8 Å². The van der Waals surface area contributed by atoms with Crippen LogP contribution >= 0.6 is 0 Å². The lowest BCUT2D eigenvalue weighted by molar-refractivity contribution is -0.132. The normalized spacial score (nSPS) is 13.1. The number of carboxylic acid groups (broad SMARTS) is 1. The van der Waals surface area contributed by atoms with Crippen LogP contribution in [0.25, 0.3) is 0 Å². The number of unbranched alkanes of at least 4 members (excludes halogenated alkanes) is 4. The maximum Gasteiger partial charge on any atom is 0.330 e. The molecule has 0 aromatic carbocycles. The van der Waals surface area contributed by atoms with Crippen LogP contribution in [0.3, 0.4) is 0 Å². The highest BCUT2D eigenvalue weighted by molar-refractivity contribution is 6.86. The van der Waals surface area contributed by atoms with Crippen LogP contribution in [0.4, 0.5) is 0 Å². The summed E-state index contributed by atoms with van der Waals surface area (Å²) >= 11 is 0. The van der Waals surface area contributed by atoms with Crippen LogP contribution in [0.15, 0.2) is 10.8 Å². The third-order valence-electron chi connectivity index (χ3n) is 5.22. The molecule has 0 amide bonds. The Kier molecular flexibility index (Phi) is 12.5. The second-order valence-electron chi connectivity index (χ2n) is 7.10. The van der Waals surface area contributed by atoms with Crippen molar-refractivity contribution in [2.24, 2.45) is 0 Å². The Balaban J connectivity index is 5.80. The molecule has 0 radical (unpaired) electrons. The number of aliphatic carboxylic acids is 1. The van der Waals surface area contributed by atoms with Crippen molar-refractivity contribution in [3.8, 4) is 0 Å². The minimum atomic E-state index is -1.65. The number of allylic oxidation sites excluding steroid dienone is 1. The Morgan fingerprint density at radius 2 is 1.17 bits per heavy atom. The first kappa shape index (κ1) is 22.4. The van der Waals surface area contributed by atoms with Gasteiger partial charge in [0.2, 0.25) is 0 Å². The molecular weight excluding hydrogens is 300 g/mol. The summed E-state index contributed by atoms with van der Waals surface area (Å²) in [6, 6.07) is 3.90. The topological polar surface area (TPSA) is 37.3 Å². The van der Waals surface area contributed by atoms with Gasteiger partial charge < -0.3 is 5.11 Å². The smallest absolute Gasteiger partial charge is 0.330 e. The fraction of sp³-hybridized carbons (Fsp3) is 0.850. The molecular formula is C20H40O2Si. The Hall–Kier alpha value is -0.573. The van der Waals surface area contributed by atoms with E-state index in [-0.39, 0.29) is 0 Å². The van der Waals surface area contributed by atoms with Crippen molar-refractivity contribution in [2.45, 2.75) is 111 Å². The molecule has 0 aliphatic rings. The molecule has 3 heteroatoms. The van der Waals surface area contributed by atoms with E-state index in [0.717, 1.165) is 19.3 Å². The minimum Gasteiger partial charge on any atom is -0.478 e. The monoisotopic (exact) mass is 340 g/mol. The molecule has 0 aromatic rings. The lowest BCUT2D eigenvalue weighted by atomic mass is 10.2. The van der Waals surface area contributed by atoms with Crippen molar-refractivity contribution in [1.82, 2.24) is 0 Å². The van der Waals surface area contributed by atoms with Crippen molar-refractivity contribution in [1.29, 1.82) is 0 Å². The van der Waals surface area contributed by atoms with Crippen molar-refractivity contribution in [3.63, 3.8) is 0 Å². The third kappa shape index (κ3) is 7.69. The molecule has 1 N–H and O–H groups in total. The van der Waals surface area contributed by atoms with Gasteiger partial charge in [-0.3, -0.25) is 0 Å². The summed E-state index contributed by atoms with van der Waals surface area (Å²) in [5, 5.41) is 11.1. The molecule has 0 aliphatic heterocycles. The van der Waals surface area contributed by atoms with Gasteiger partial charge in [0.05, 0.1) is 8.07 Å². The Morgan fingerprint density at radius 3 is 1.48 bits per heavy atom. The molecule has 0 saturated heterocycles. The predicted octanol–water partition coefficient (Wildman–Crippen LogP) is 6.97. The highest BCUT2D eigenvalue weighted by atomic mass is 28.3. The van der Waals surface area contributed by atoms with Crippen LogP contribution in [0.1, 0.15) is 92.4 Å². The lowest BCUT2D eigenvalue weighted by Crippen LogP contribution is -2.38. The average molecular weight is 341 g/mol. The van der Waals surface area contributed by atoms with Gasteiger partial charge in [0, 0.05) is 5.57 Å². The second kappa shape index (κ2) is 12.8. The van der Waals surface area contributed by atoms with Gasteiger partial charge in [-0.1, -0.05) is 102 Å². The maximum atomic E-state index is 11.7. The molecule has 0 heterocycles. The molecule has 0 saturated carbocycles. The SMILES string of the molecule is CCCCC(=C(C)C(=O)O)[Si](CCCC)(CCCC)CCCC. The molecule has 0 spiro atoms. The van der Waals surface area contributed by atoms with E-state index in [1.165, 1.54) is 61.9 Å². The molecule has 0 aromatic heterocycles. The highest BCUT2D eigenvalue weighted by Gasteiger charge is 2.36. The zero-order chi connectivity index (χ0) is 17.7. The van der Waals surface area contributed by atoms with Crippen LogP contribution in [0, 0.1) is 0 Å². The van der Waals surface area contributed by atoms with Crippen LogP contribution in [-0.2, 0) is 4.79 Å². The number of carboxylic acids is 1. The van der Waals surface area contributed by atoms with Crippen LogP contribution in [-0.4, -0.2) is 19.1 Å². The van der Waals surface area contributed by atoms with Gasteiger partial charge in [0.15, 0.2) is 0 Å². The molecule has 0 bridgehead atoms. The zero-order valence-electron chi connectivity index (χ0n) is 16.3. The summed E-state index contributed by atoms with van der Waals surface area (Å²) in [6.45, 7) is 10.9. The summed E-state index contributed by atoms with van der Waals surface area (Å²) in [4.78, 5) is 11.7. The molecule has 0 aliphatic carbocycles. The summed E-state index contributed by atoms with van der Waals surface area (Å²) in [5.41, 5.74) is 0.688. The number of carbonyl (C=O) groups is 1. The van der Waals surface area contributed by atoms with Gasteiger partial charge in [-0.15, -0.1) is 0 Å². The van der Waals surface area contributed by atoms with Gasteiger partial charge in [0.25, 0.3) is 0 Å². The van der Waals surface area contributed by atoms with E-state index < -0.39 is 14.0 Å². The molecule has 0 unspecified atom stereocenters. The summed E-state index contributed by atoms with van der Waals surface area (Å²) < 4.78 is 0. The van der Waals surface area contributed by atoms with Gasteiger partial charge in [-0.2, -0.15) is 0 Å². The van der Waals surface area contributed by atoms with Crippen molar-refractivity contribution in [2.75, 3.05) is 0 Å². The molecule has 0 rings (SSSR count). The van der Waals surface area contributed by atoms with Gasteiger partial charge in [0.1, 0.15) is 0 Å². The fourth-order valence-electron chi connectivity index (χ4n) is 3.71. The van der Waals surface area contributed by atoms with E-state index >= 15 is 0 Å². The van der Waals surface area contributed by atoms with E-state index in [4.69, 9.17) is 0 Å². The fourth-order valence-corrected chi connectivity index (χ4v) is 10.1. The number of hydrogen-bond donors (Lipinski definition) is 1. The van der Waals surface area contributed by atoms with Crippen LogP contribution in [0.5, 0.6) is 0 Å². The van der Waals surface area contributed by atoms with Gasteiger partial charge in [-0.05, 0) is 13.3 Å². The molecule has 0 atom stereocenters. The highest BCUT2D eigenvalue weighted by Crippen LogP contribution is 2.38. The second-order valence-corrected chi connectivity index (χ2v) is 11.8. The Bertz CT molecular complexity index is 339. The predicted molar refractivity (Wildman–Crippen MR) is 105 cm³/mol. The lowest BCUT2D eigenvalue weighted by Gasteiger charge is -2.36. The van der Waals surface area contributed by atoms with Crippen molar-refractivity contribution >= 4 is 14.0 Å². The van der Waals surface area contributed by atoms with Gasteiger partial charge in [-0.25, -0.2) is 4.79 Å². The quantitative estimate of drug-likeness (QED) is 0.274. The largest absolute Gasteiger partial charge is 0.478 e. The van der Waals surface area contributed by atoms with E-state index in [0.29, 0.717) is 5.57 Å². The molecule has 2 nitrogen and oxygen atoms in total. The van der Waals surface area contributed by atoms with Gasteiger partial charge >= 0.3 is 5.97 Å². The van der Waals surface area contributed by atoms with E-state index in [9.17, 15) is 9.90 Å². The minimum absolute atomic E-state index is 0.683. The Labute approximate surface area is 145 Å². The third-order valence-corrected chi connectivity index (χ3v) is 11.1. The Morgan fingerprint density at radius 1 is 0.783 bits per heavy atom. The summed E-state index contributed by atoms with van der Waals surface area (Å²) in [7, 11) is -1.65. The number of rotatable bonds is 14. The first-order chi connectivity index (χ1) is 11.0. The first-order valence-corrected chi connectivity index (χ1v) is 12.5. The molecule has 23 heavy (non-hydrogen) atoms. The standard InChI is InChI=1S/C20H40O2Si/c1-6-10-14-19(18(5)20(21)22)23(15-11-7-2,16-12-8-3)17-13-9-4/h6-17H2,1-5H3,(H,21,22). The van der Waals surface area contributed by atoms with Crippen molar-refractivity contribution < 1.29 is 9.90 Å². The maximum absolute atomic E-state index is 11.7. The molecule has 136 valence electrons. The summed E-state index contributed by atoms with van der Waals surface area (Å²) in [5.74, 6) is -0.683. The van der Waals surface area contributed by atoms with Crippen LogP contribution in [0.2, 0.25) is 18.1 Å². The first-order valence-electron chi connectivity index (χ1n) is 9.92. The average Bonchev–Trinajstić information content (AvgIpc) is 2.55. The number of hydrogen-bond acceptors (Lipinski definition) is 1. The van der Waals surface area contributed by atoms with E-state index in [1.807, 2.05) is 6.92 Å².